The van der Waals surface area contributed by atoms with E-state index in [0.717, 1.165) is 0 Å². The Morgan fingerprint density at radius 1 is 1.44 bits per heavy atom. The molecule has 2 aromatic heterocycles. The number of hydrogen-bond donors (Lipinski definition) is 4. The molecule has 0 aliphatic heterocycles. The highest BCUT2D eigenvalue weighted by Gasteiger charge is 2.08. The number of nitrogens with zero attached hydrogens (tertiary/aromatic N) is 3. The molecule has 0 aromatic carbocycles. The van der Waals surface area contributed by atoms with E-state index in [4.69, 9.17) is 10.8 Å². The van der Waals surface area contributed by atoms with E-state index in [0.29, 0.717) is 18.5 Å². The van der Waals surface area contributed by atoms with Crippen LogP contribution in [-0.4, -0.2) is 42.9 Å². The molecule has 8 nitrogen and oxygen atoms in total. The molecular formula is C10H13N5O3. The van der Waals surface area contributed by atoms with Crippen LogP contribution in [0.25, 0.3) is 11.2 Å². The lowest BCUT2D eigenvalue weighted by atomic mass is 10.1. The third-order valence-corrected chi connectivity index (χ3v) is 2.43. The molecule has 96 valence electrons. The fourth-order valence-corrected chi connectivity index (χ4v) is 1.50. The Bertz CT molecular complexity index is 612. The van der Waals surface area contributed by atoms with Crippen molar-refractivity contribution >= 4 is 17.1 Å². The monoisotopic (exact) mass is 251 g/mol. The van der Waals surface area contributed by atoms with Gasteiger partial charge in [0.1, 0.15) is 0 Å². The molecule has 2 heterocycles. The number of nitrogens with two attached hydrogens (primary N) is 1. The van der Waals surface area contributed by atoms with Crippen LogP contribution in [0.1, 0.15) is 12.1 Å². The average Bonchev–Trinajstić information content (AvgIpc) is 2.36. The van der Waals surface area contributed by atoms with E-state index in [1.165, 1.54) is 6.20 Å². The lowest BCUT2D eigenvalue weighted by Crippen LogP contribution is -2.16. The van der Waals surface area contributed by atoms with E-state index < -0.39 is 11.7 Å². The number of aromatic amines is 1. The van der Waals surface area contributed by atoms with Crippen LogP contribution < -0.4 is 11.3 Å². The molecule has 1 atom stereocenters. The number of nitrogens with one attached hydrogen (secondary N) is 1. The number of aromatic nitrogens is 4. The van der Waals surface area contributed by atoms with Gasteiger partial charge in [-0.05, 0) is 12.8 Å². The molecule has 2 aromatic rings. The van der Waals surface area contributed by atoms with Gasteiger partial charge < -0.3 is 15.9 Å². The van der Waals surface area contributed by atoms with Crippen LogP contribution in [0.5, 0.6) is 0 Å². The number of aliphatic hydroxyl groups excluding tert-OH is 2. The minimum atomic E-state index is -0.801. The fourth-order valence-electron chi connectivity index (χ4n) is 1.50. The highest BCUT2D eigenvalue weighted by Crippen LogP contribution is 2.06. The maximum Gasteiger partial charge on any atom is 0.280 e. The standard InChI is InChI=1S/C10H13N5O3/c11-10-14-8-7(9(18)15-10)13-5(3-12-8)1-2-6(17)4-16/h3,6,16-17H,1-2,4H2,(H3,11,12,14,15,18). The number of hydrogen-bond acceptors (Lipinski definition) is 7. The summed E-state index contributed by atoms with van der Waals surface area (Å²) < 4.78 is 0. The molecule has 0 aliphatic carbocycles. The topological polar surface area (TPSA) is 138 Å². The first-order chi connectivity index (χ1) is 8.60. The second kappa shape index (κ2) is 5.07. The van der Waals surface area contributed by atoms with Gasteiger partial charge in [0, 0.05) is 0 Å². The molecule has 0 spiro atoms. The lowest BCUT2D eigenvalue weighted by Gasteiger charge is -2.06. The summed E-state index contributed by atoms with van der Waals surface area (Å²) in [4.78, 5) is 25.9. The molecule has 0 saturated heterocycles. The Morgan fingerprint density at radius 2 is 2.22 bits per heavy atom. The van der Waals surface area contributed by atoms with Crippen molar-refractivity contribution in [2.24, 2.45) is 0 Å². The van der Waals surface area contributed by atoms with Crippen LogP contribution in [0.2, 0.25) is 0 Å². The third-order valence-electron chi connectivity index (χ3n) is 2.43. The number of anilines is 1. The predicted molar refractivity (Wildman–Crippen MR) is 63.8 cm³/mol. The Balaban J connectivity index is 2.30. The van der Waals surface area contributed by atoms with Crippen molar-refractivity contribution in [1.82, 2.24) is 19.9 Å². The fraction of sp³-hybridized carbons (Fsp3) is 0.400. The quantitative estimate of drug-likeness (QED) is 0.523. The summed E-state index contributed by atoms with van der Waals surface area (Å²) in [6.45, 7) is -0.306. The molecule has 0 amide bonds. The Kier molecular flexibility index (Phi) is 3.49. The normalized spacial score (nSPS) is 12.8. The number of aliphatic hydroxyl groups is 2. The number of rotatable bonds is 4. The van der Waals surface area contributed by atoms with E-state index in [2.05, 4.69) is 19.9 Å². The second-order valence-corrected chi connectivity index (χ2v) is 3.86. The maximum atomic E-state index is 11.6. The third kappa shape index (κ3) is 2.60. The van der Waals surface area contributed by atoms with Gasteiger partial charge >= 0.3 is 0 Å². The SMILES string of the molecule is Nc1nc2ncc(CCC(O)CO)nc2c(=O)[nH]1. The molecule has 2 rings (SSSR count). The molecule has 8 heteroatoms. The minimum Gasteiger partial charge on any atom is -0.394 e. The van der Waals surface area contributed by atoms with Gasteiger partial charge in [0.15, 0.2) is 11.2 Å². The van der Waals surface area contributed by atoms with E-state index in [1.54, 1.807) is 0 Å². The Hall–Kier alpha value is -2.06. The first-order valence-electron chi connectivity index (χ1n) is 5.40. The van der Waals surface area contributed by atoms with Crippen molar-refractivity contribution in [2.45, 2.75) is 18.9 Å². The molecule has 1 unspecified atom stereocenters. The van der Waals surface area contributed by atoms with Crippen LogP contribution in [0.3, 0.4) is 0 Å². The zero-order chi connectivity index (χ0) is 13.1. The molecule has 0 aliphatic rings. The molecule has 18 heavy (non-hydrogen) atoms. The van der Waals surface area contributed by atoms with Gasteiger partial charge in [-0.15, -0.1) is 0 Å². The number of nitrogen functional groups attached to an aromatic ring is 1. The summed E-state index contributed by atoms with van der Waals surface area (Å²) in [5.74, 6) is -0.00903. The predicted octanol–water partition coefficient (Wildman–Crippen LogP) is -1.42. The van der Waals surface area contributed by atoms with Crippen molar-refractivity contribution in [1.29, 1.82) is 0 Å². The van der Waals surface area contributed by atoms with Crippen molar-refractivity contribution in [3.8, 4) is 0 Å². The molecule has 0 fully saturated rings. The van der Waals surface area contributed by atoms with Gasteiger partial charge in [-0.3, -0.25) is 9.78 Å². The van der Waals surface area contributed by atoms with Crippen LogP contribution in [0.4, 0.5) is 5.95 Å². The maximum absolute atomic E-state index is 11.6. The molecule has 0 saturated carbocycles. The lowest BCUT2D eigenvalue weighted by molar-refractivity contribution is 0.0884. The molecular weight excluding hydrogens is 238 g/mol. The molecule has 5 N–H and O–H groups in total. The van der Waals surface area contributed by atoms with Crippen molar-refractivity contribution < 1.29 is 10.2 Å². The van der Waals surface area contributed by atoms with Crippen LogP contribution >= 0.6 is 0 Å². The van der Waals surface area contributed by atoms with Crippen molar-refractivity contribution in [3.05, 3.63) is 22.2 Å². The first-order valence-corrected chi connectivity index (χ1v) is 5.40. The second-order valence-electron chi connectivity index (χ2n) is 3.86. The summed E-state index contributed by atoms with van der Waals surface area (Å²) in [5, 5.41) is 17.9. The van der Waals surface area contributed by atoms with Crippen molar-refractivity contribution in [3.63, 3.8) is 0 Å². The van der Waals surface area contributed by atoms with Gasteiger partial charge in [-0.25, -0.2) is 9.97 Å². The summed E-state index contributed by atoms with van der Waals surface area (Å²) >= 11 is 0. The highest BCUT2D eigenvalue weighted by atomic mass is 16.3. The molecule has 0 radical (unpaired) electrons. The largest absolute Gasteiger partial charge is 0.394 e. The summed E-state index contributed by atoms with van der Waals surface area (Å²) in [6, 6.07) is 0. The number of H-pyrrole nitrogens is 1. The van der Waals surface area contributed by atoms with Gasteiger partial charge in [-0.1, -0.05) is 0 Å². The van der Waals surface area contributed by atoms with Crippen molar-refractivity contribution in [2.75, 3.05) is 12.3 Å². The Labute approximate surface area is 102 Å². The average molecular weight is 251 g/mol. The van der Waals surface area contributed by atoms with E-state index in [-0.39, 0.29) is 23.7 Å². The molecule has 0 bridgehead atoms. The summed E-state index contributed by atoms with van der Waals surface area (Å²) in [5.41, 5.74) is 5.78. The summed E-state index contributed by atoms with van der Waals surface area (Å²) in [7, 11) is 0. The Morgan fingerprint density at radius 3 is 2.94 bits per heavy atom. The van der Waals surface area contributed by atoms with E-state index in [1.807, 2.05) is 0 Å². The van der Waals surface area contributed by atoms with E-state index in [9.17, 15) is 9.90 Å². The number of fused-ring (bicyclic) bond motifs is 1. The van der Waals surface area contributed by atoms with E-state index >= 15 is 0 Å². The zero-order valence-corrected chi connectivity index (χ0v) is 9.50. The smallest absolute Gasteiger partial charge is 0.280 e. The van der Waals surface area contributed by atoms with Crippen LogP contribution in [0, 0.1) is 0 Å². The van der Waals surface area contributed by atoms with Gasteiger partial charge in [-0.2, -0.15) is 4.98 Å². The zero-order valence-electron chi connectivity index (χ0n) is 9.50. The highest BCUT2D eigenvalue weighted by molar-refractivity contribution is 5.69. The van der Waals surface area contributed by atoms with Gasteiger partial charge in [0.25, 0.3) is 5.56 Å². The first kappa shape index (κ1) is 12.4. The number of aryl methyl sites for hydroxylation is 1. The minimum absolute atomic E-state index is 0.00903. The van der Waals surface area contributed by atoms with Gasteiger partial charge in [0.2, 0.25) is 5.95 Å². The van der Waals surface area contributed by atoms with Crippen LogP contribution in [0.15, 0.2) is 11.0 Å². The van der Waals surface area contributed by atoms with Gasteiger partial charge in [0.05, 0.1) is 24.6 Å². The summed E-state index contributed by atoms with van der Waals surface area (Å²) in [6.07, 6.45) is 1.43. The van der Waals surface area contributed by atoms with Crippen LogP contribution in [-0.2, 0) is 6.42 Å².